The molecule has 1 aromatic carbocycles. The first-order valence-electron chi connectivity index (χ1n) is 6.95. The Bertz CT molecular complexity index is 906. The van der Waals surface area contributed by atoms with E-state index in [1.807, 2.05) is 6.92 Å². The number of aromatic nitrogens is 2. The summed E-state index contributed by atoms with van der Waals surface area (Å²) in [7, 11) is 0. The van der Waals surface area contributed by atoms with Gasteiger partial charge in [0.25, 0.3) is 0 Å². The third-order valence-corrected chi connectivity index (χ3v) is 4.31. The third kappa shape index (κ3) is 3.07. The van der Waals surface area contributed by atoms with Crippen LogP contribution >= 0.6 is 34.8 Å². The highest BCUT2D eigenvalue weighted by Gasteiger charge is 2.19. The quantitative estimate of drug-likeness (QED) is 0.428. The van der Waals surface area contributed by atoms with E-state index in [2.05, 4.69) is 9.97 Å². The van der Waals surface area contributed by atoms with Gasteiger partial charge in [-0.05, 0) is 24.6 Å². The molecule has 0 aliphatic carbocycles. The minimum absolute atomic E-state index is 0.0159. The molecule has 0 saturated heterocycles. The summed E-state index contributed by atoms with van der Waals surface area (Å²) in [6.07, 6.45) is 2.71. The van der Waals surface area contributed by atoms with E-state index in [1.165, 1.54) is 12.3 Å². The molecule has 0 unspecified atom stereocenters. The molecule has 118 valence electrons. The van der Waals surface area contributed by atoms with Gasteiger partial charge >= 0.3 is 0 Å². The van der Waals surface area contributed by atoms with Crippen LogP contribution in [0.2, 0.25) is 15.1 Å². The predicted octanol–water partition coefficient (Wildman–Crippen LogP) is 5.83. The number of fused-ring (bicyclic) bond motifs is 1. The predicted molar refractivity (Wildman–Crippen MR) is 91.5 cm³/mol. The number of benzene rings is 1. The van der Waals surface area contributed by atoms with Crippen molar-refractivity contribution in [3.63, 3.8) is 0 Å². The number of halogens is 3. The van der Waals surface area contributed by atoms with Crippen LogP contribution in [0.3, 0.4) is 0 Å². The van der Waals surface area contributed by atoms with Gasteiger partial charge in [0.05, 0.1) is 21.2 Å². The van der Waals surface area contributed by atoms with Crippen LogP contribution in [0.5, 0.6) is 0 Å². The van der Waals surface area contributed by atoms with E-state index in [1.54, 1.807) is 12.1 Å². The number of carbonyl (C=O) groups excluding carboxylic acids is 1. The van der Waals surface area contributed by atoms with Gasteiger partial charge in [0.1, 0.15) is 0 Å². The molecule has 2 heterocycles. The lowest BCUT2D eigenvalue weighted by Crippen LogP contribution is -1.98. The zero-order valence-corrected chi connectivity index (χ0v) is 14.3. The van der Waals surface area contributed by atoms with Crippen molar-refractivity contribution >= 4 is 51.8 Å². The zero-order chi connectivity index (χ0) is 16.6. The van der Waals surface area contributed by atoms with Gasteiger partial charge in [-0.1, -0.05) is 41.7 Å². The molecular formula is C16H11Cl3N2O2. The van der Waals surface area contributed by atoms with Crippen LogP contribution in [0.25, 0.3) is 22.7 Å². The van der Waals surface area contributed by atoms with Gasteiger partial charge in [-0.3, -0.25) is 4.79 Å². The lowest BCUT2D eigenvalue weighted by Gasteiger charge is -2.02. The van der Waals surface area contributed by atoms with E-state index in [0.29, 0.717) is 38.8 Å². The first-order chi connectivity index (χ1) is 11.0. The SMILES string of the molecule is CCCC(=O)c1ccnc2nc(-c3cc(Cl)cc(Cl)c3Cl)oc12. The number of Topliss-reactive ketones (excluding diaryl/α,β-unsaturated/α-hetero) is 1. The Morgan fingerprint density at radius 1 is 1.26 bits per heavy atom. The van der Waals surface area contributed by atoms with Crippen molar-refractivity contribution in [2.24, 2.45) is 0 Å². The fourth-order valence-corrected chi connectivity index (χ4v) is 2.92. The Morgan fingerprint density at radius 3 is 2.78 bits per heavy atom. The lowest BCUT2D eigenvalue weighted by molar-refractivity contribution is 0.0982. The van der Waals surface area contributed by atoms with Crippen molar-refractivity contribution in [2.45, 2.75) is 19.8 Å². The fourth-order valence-electron chi connectivity index (χ4n) is 2.24. The Balaban J connectivity index is 2.18. The van der Waals surface area contributed by atoms with Crippen molar-refractivity contribution in [1.82, 2.24) is 9.97 Å². The van der Waals surface area contributed by atoms with Gasteiger partial charge in [0, 0.05) is 17.6 Å². The van der Waals surface area contributed by atoms with Gasteiger partial charge in [-0.2, -0.15) is 4.98 Å². The van der Waals surface area contributed by atoms with Crippen LogP contribution in [0.15, 0.2) is 28.8 Å². The van der Waals surface area contributed by atoms with Crippen LogP contribution in [0.1, 0.15) is 30.1 Å². The normalized spacial score (nSPS) is 11.1. The molecule has 0 saturated carbocycles. The molecule has 0 aliphatic heterocycles. The van der Waals surface area contributed by atoms with E-state index >= 15 is 0 Å². The molecule has 0 N–H and O–H groups in total. The number of hydrogen-bond acceptors (Lipinski definition) is 4. The van der Waals surface area contributed by atoms with Gasteiger partial charge in [0.2, 0.25) is 5.89 Å². The summed E-state index contributed by atoms with van der Waals surface area (Å²) in [5.74, 6) is 0.205. The van der Waals surface area contributed by atoms with Gasteiger partial charge in [-0.15, -0.1) is 0 Å². The first-order valence-corrected chi connectivity index (χ1v) is 8.08. The van der Waals surface area contributed by atoms with Crippen molar-refractivity contribution in [3.8, 4) is 11.5 Å². The van der Waals surface area contributed by atoms with Crippen LogP contribution in [-0.4, -0.2) is 15.8 Å². The number of pyridine rings is 1. The summed E-state index contributed by atoms with van der Waals surface area (Å²) >= 11 is 18.2. The number of oxazole rings is 1. The maximum Gasteiger partial charge on any atom is 0.230 e. The minimum Gasteiger partial charge on any atom is -0.433 e. The second-order valence-electron chi connectivity index (χ2n) is 4.95. The smallest absolute Gasteiger partial charge is 0.230 e. The monoisotopic (exact) mass is 368 g/mol. The van der Waals surface area contributed by atoms with Crippen molar-refractivity contribution in [3.05, 3.63) is 45.0 Å². The summed E-state index contributed by atoms with van der Waals surface area (Å²) < 4.78 is 5.75. The first kappa shape index (κ1) is 16.2. The highest BCUT2D eigenvalue weighted by molar-refractivity contribution is 6.44. The standard InChI is InChI=1S/C16H11Cl3N2O2/c1-2-3-12(22)9-4-5-20-15-14(9)23-16(21-15)10-6-8(17)7-11(18)13(10)19/h4-7H,2-3H2,1H3. The average molecular weight is 370 g/mol. The zero-order valence-electron chi connectivity index (χ0n) is 12.1. The molecular weight excluding hydrogens is 359 g/mol. The highest BCUT2D eigenvalue weighted by Crippen LogP contribution is 2.37. The minimum atomic E-state index is -0.0159. The number of hydrogen-bond donors (Lipinski definition) is 0. The molecule has 0 radical (unpaired) electrons. The van der Waals surface area contributed by atoms with Crippen molar-refractivity contribution < 1.29 is 9.21 Å². The number of ketones is 1. The summed E-state index contributed by atoms with van der Waals surface area (Å²) in [6.45, 7) is 1.94. The maximum absolute atomic E-state index is 12.2. The summed E-state index contributed by atoms with van der Waals surface area (Å²) in [5.41, 5.74) is 1.60. The highest BCUT2D eigenvalue weighted by atomic mass is 35.5. The Morgan fingerprint density at radius 2 is 2.04 bits per heavy atom. The lowest BCUT2D eigenvalue weighted by atomic mass is 10.1. The largest absolute Gasteiger partial charge is 0.433 e. The Hall–Kier alpha value is -1.62. The second-order valence-corrected chi connectivity index (χ2v) is 6.17. The van der Waals surface area contributed by atoms with E-state index in [4.69, 9.17) is 39.2 Å². The second kappa shape index (κ2) is 6.48. The van der Waals surface area contributed by atoms with E-state index < -0.39 is 0 Å². The molecule has 0 fully saturated rings. The van der Waals surface area contributed by atoms with Crippen molar-refractivity contribution in [1.29, 1.82) is 0 Å². The van der Waals surface area contributed by atoms with Gasteiger partial charge in [-0.25, -0.2) is 4.98 Å². The maximum atomic E-state index is 12.2. The molecule has 0 spiro atoms. The topological polar surface area (TPSA) is 56.0 Å². The van der Waals surface area contributed by atoms with Crippen molar-refractivity contribution in [2.75, 3.05) is 0 Å². The number of carbonyl (C=O) groups is 1. The van der Waals surface area contributed by atoms with E-state index in [9.17, 15) is 4.79 Å². The van der Waals surface area contributed by atoms with E-state index in [0.717, 1.165) is 6.42 Å². The van der Waals surface area contributed by atoms with E-state index in [-0.39, 0.29) is 16.7 Å². The molecule has 0 aliphatic rings. The molecule has 0 bridgehead atoms. The van der Waals surface area contributed by atoms with Crippen LogP contribution < -0.4 is 0 Å². The Labute approximate surface area is 147 Å². The summed E-state index contributed by atoms with van der Waals surface area (Å²) in [5, 5.41) is 0.989. The molecule has 3 aromatic rings. The van der Waals surface area contributed by atoms with Crippen LogP contribution in [0, 0.1) is 0 Å². The number of rotatable bonds is 4. The number of nitrogens with zero attached hydrogens (tertiary/aromatic N) is 2. The molecule has 0 atom stereocenters. The molecule has 2 aromatic heterocycles. The molecule has 0 amide bonds. The summed E-state index contributed by atoms with van der Waals surface area (Å²) in [4.78, 5) is 20.6. The third-order valence-electron chi connectivity index (χ3n) is 3.29. The van der Waals surface area contributed by atoms with Gasteiger partial charge in [0.15, 0.2) is 17.0 Å². The van der Waals surface area contributed by atoms with Crippen LogP contribution in [0.4, 0.5) is 0 Å². The van der Waals surface area contributed by atoms with Gasteiger partial charge < -0.3 is 4.42 Å². The average Bonchev–Trinajstić information content (AvgIpc) is 2.94. The molecule has 4 nitrogen and oxygen atoms in total. The molecule has 7 heteroatoms. The fraction of sp³-hybridized carbons (Fsp3) is 0.188. The van der Waals surface area contributed by atoms with Crippen LogP contribution in [-0.2, 0) is 0 Å². The molecule has 3 rings (SSSR count). The molecule has 23 heavy (non-hydrogen) atoms. The Kier molecular flexibility index (Phi) is 4.57. The summed E-state index contributed by atoms with van der Waals surface area (Å²) in [6, 6.07) is 4.77.